The Morgan fingerprint density at radius 1 is 1.07 bits per heavy atom. The van der Waals surface area contributed by atoms with Crippen molar-refractivity contribution in [2.75, 3.05) is 38.2 Å². The third-order valence-corrected chi connectivity index (χ3v) is 5.75. The molecule has 0 radical (unpaired) electrons. The predicted molar refractivity (Wildman–Crippen MR) is 119 cm³/mol. The second-order valence-electron chi connectivity index (χ2n) is 7.43. The van der Waals surface area contributed by atoms with E-state index in [1.807, 2.05) is 47.4 Å². The van der Waals surface area contributed by atoms with E-state index in [0.717, 1.165) is 60.5 Å². The van der Waals surface area contributed by atoms with Gasteiger partial charge in [-0.05, 0) is 48.7 Å². The first-order valence-electron chi connectivity index (χ1n) is 10.2. The minimum atomic E-state index is 0.201. The molecular formula is C23H25ClN4O2. The highest BCUT2D eigenvalue weighted by Gasteiger charge is 2.21. The molecule has 1 aliphatic heterocycles. The number of amides is 1. The van der Waals surface area contributed by atoms with E-state index in [9.17, 15) is 4.79 Å². The van der Waals surface area contributed by atoms with Crippen LogP contribution in [0.2, 0.25) is 5.02 Å². The fraction of sp³-hybridized carbons (Fsp3) is 0.348. The van der Waals surface area contributed by atoms with Gasteiger partial charge in [-0.3, -0.25) is 4.79 Å². The molecule has 3 aromatic rings. The molecule has 0 N–H and O–H groups in total. The first-order chi connectivity index (χ1) is 14.6. The molecule has 0 spiro atoms. The zero-order valence-corrected chi connectivity index (χ0v) is 17.8. The number of hydrogen-bond acceptors (Lipinski definition) is 5. The van der Waals surface area contributed by atoms with Crippen molar-refractivity contribution in [1.29, 1.82) is 0 Å². The summed E-state index contributed by atoms with van der Waals surface area (Å²) < 4.78 is 5.19. The van der Waals surface area contributed by atoms with E-state index in [2.05, 4.69) is 14.9 Å². The van der Waals surface area contributed by atoms with Gasteiger partial charge in [-0.2, -0.15) is 0 Å². The Balaban J connectivity index is 1.38. The highest BCUT2D eigenvalue weighted by Crippen LogP contribution is 2.26. The normalized spacial score (nSPS) is 14.6. The van der Waals surface area contributed by atoms with Gasteiger partial charge in [0.15, 0.2) is 0 Å². The summed E-state index contributed by atoms with van der Waals surface area (Å²) in [6.07, 6.45) is 3.74. The minimum Gasteiger partial charge on any atom is -0.497 e. The van der Waals surface area contributed by atoms with Gasteiger partial charge in [0.2, 0.25) is 5.91 Å². The SMILES string of the molecule is COc1ccc(CCC(=O)N2CCCN(c3ncnc4cc(Cl)ccc34)CC2)cc1. The van der Waals surface area contributed by atoms with Crippen LogP contribution in [-0.2, 0) is 11.2 Å². The highest BCUT2D eigenvalue weighted by atomic mass is 35.5. The minimum absolute atomic E-state index is 0.201. The summed E-state index contributed by atoms with van der Waals surface area (Å²) in [4.78, 5) is 25.9. The van der Waals surface area contributed by atoms with Gasteiger partial charge in [-0.25, -0.2) is 9.97 Å². The second-order valence-corrected chi connectivity index (χ2v) is 7.86. The Morgan fingerprint density at radius 2 is 1.90 bits per heavy atom. The zero-order valence-electron chi connectivity index (χ0n) is 17.1. The molecule has 156 valence electrons. The van der Waals surface area contributed by atoms with Crippen LogP contribution in [0.1, 0.15) is 18.4 Å². The number of carbonyl (C=O) groups is 1. The molecule has 7 heteroatoms. The predicted octanol–water partition coefficient (Wildman–Crippen LogP) is 3.96. The number of nitrogens with zero attached hydrogens (tertiary/aromatic N) is 4. The maximum absolute atomic E-state index is 12.8. The molecule has 0 bridgehead atoms. The number of benzene rings is 2. The lowest BCUT2D eigenvalue weighted by atomic mass is 10.1. The van der Waals surface area contributed by atoms with Crippen LogP contribution in [0.3, 0.4) is 0 Å². The molecule has 0 atom stereocenters. The molecule has 6 nitrogen and oxygen atoms in total. The smallest absolute Gasteiger partial charge is 0.222 e. The van der Waals surface area contributed by atoms with Crippen LogP contribution in [0.4, 0.5) is 5.82 Å². The lowest BCUT2D eigenvalue weighted by Crippen LogP contribution is -2.35. The van der Waals surface area contributed by atoms with Gasteiger partial charge in [0, 0.05) is 43.0 Å². The van der Waals surface area contributed by atoms with Crippen molar-refractivity contribution in [1.82, 2.24) is 14.9 Å². The average molecular weight is 425 g/mol. The Kier molecular flexibility index (Phi) is 6.33. The number of anilines is 1. The van der Waals surface area contributed by atoms with Crippen LogP contribution in [-0.4, -0.2) is 54.1 Å². The second kappa shape index (κ2) is 9.30. The molecule has 1 aromatic heterocycles. The molecule has 30 heavy (non-hydrogen) atoms. The summed E-state index contributed by atoms with van der Waals surface area (Å²) in [5.41, 5.74) is 1.98. The Labute approximate surface area is 181 Å². The summed E-state index contributed by atoms with van der Waals surface area (Å²) in [6.45, 7) is 3.08. The molecule has 0 aliphatic carbocycles. The third-order valence-electron chi connectivity index (χ3n) is 5.51. The number of aryl methyl sites for hydroxylation is 1. The summed E-state index contributed by atoms with van der Waals surface area (Å²) in [7, 11) is 1.65. The van der Waals surface area contributed by atoms with Crippen molar-refractivity contribution in [2.24, 2.45) is 0 Å². The van der Waals surface area contributed by atoms with E-state index in [4.69, 9.17) is 16.3 Å². The van der Waals surface area contributed by atoms with Crippen LogP contribution < -0.4 is 9.64 Å². The summed E-state index contributed by atoms with van der Waals surface area (Å²) >= 11 is 6.10. The number of hydrogen-bond donors (Lipinski definition) is 0. The van der Waals surface area contributed by atoms with Gasteiger partial charge in [-0.15, -0.1) is 0 Å². The molecule has 1 saturated heterocycles. The molecule has 0 saturated carbocycles. The maximum atomic E-state index is 12.8. The highest BCUT2D eigenvalue weighted by molar-refractivity contribution is 6.31. The molecule has 2 aromatic carbocycles. The molecule has 1 fully saturated rings. The monoisotopic (exact) mass is 424 g/mol. The molecular weight excluding hydrogens is 400 g/mol. The average Bonchev–Trinajstić information content (AvgIpc) is 3.03. The largest absolute Gasteiger partial charge is 0.497 e. The van der Waals surface area contributed by atoms with E-state index >= 15 is 0 Å². The standard InChI is InChI=1S/C23H25ClN4O2/c1-30-19-7-3-17(4-8-19)5-10-22(29)27-11-2-12-28(14-13-27)23-20-9-6-18(24)15-21(20)25-16-26-23/h3-4,6-9,15-16H,2,5,10-14H2,1H3. The number of ether oxygens (including phenoxy) is 1. The number of aromatic nitrogens is 2. The lowest BCUT2D eigenvalue weighted by Gasteiger charge is -2.23. The van der Waals surface area contributed by atoms with Gasteiger partial charge in [0.1, 0.15) is 17.9 Å². The van der Waals surface area contributed by atoms with Gasteiger partial charge < -0.3 is 14.5 Å². The fourth-order valence-corrected chi connectivity index (χ4v) is 4.01. The molecule has 1 aliphatic rings. The first-order valence-corrected chi connectivity index (χ1v) is 10.6. The van der Waals surface area contributed by atoms with E-state index < -0.39 is 0 Å². The molecule has 0 unspecified atom stereocenters. The van der Waals surface area contributed by atoms with E-state index in [0.29, 0.717) is 18.0 Å². The fourth-order valence-electron chi connectivity index (χ4n) is 3.85. The maximum Gasteiger partial charge on any atom is 0.222 e. The van der Waals surface area contributed by atoms with E-state index in [1.165, 1.54) is 0 Å². The third kappa shape index (κ3) is 4.65. The summed E-state index contributed by atoms with van der Waals surface area (Å²) in [6, 6.07) is 13.6. The Hall–Kier alpha value is -2.86. The van der Waals surface area contributed by atoms with E-state index in [1.54, 1.807) is 13.4 Å². The van der Waals surface area contributed by atoms with Crippen LogP contribution in [0, 0.1) is 0 Å². The van der Waals surface area contributed by atoms with Crippen molar-refractivity contribution in [3.63, 3.8) is 0 Å². The van der Waals surface area contributed by atoms with Gasteiger partial charge in [0.25, 0.3) is 0 Å². The number of halogens is 1. The number of carbonyl (C=O) groups excluding carboxylic acids is 1. The van der Waals surface area contributed by atoms with Crippen LogP contribution in [0.25, 0.3) is 10.9 Å². The van der Waals surface area contributed by atoms with Gasteiger partial charge in [-0.1, -0.05) is 23.7 Å². The molecule has 4 rings (SSSR count). The van der Waals surface area contributed by atoms with Crippen LogP contribution in [0.15, 0.2) is 48.8 Å². The lowest BCUT2D eigenvalue weighted by molar-refractivity contribution is -0.130. The van der Waals surface area contributed by atoms with Gasteiger partial charge in [0.05, 0.1) is 12.6 Å². The van der Waals surface area contributed by atoms with Gasteiger partial charge >= 0.3 is 0 Å². The number of rotatable bonds is 5. The Morgan fingerprint density at radius 3 is 2.70 bits per heavy atom. The quantitative estimate of drug-likeness (QED) is 0.620. The number of fused-ring (bicyclic) bond motifs is 1. The van der Waals surface area contributed by atoms with Crippen molar-refractivity contribution in [3.05, 3.63) is 59.4 Å². The summed E-state index contributed by atoms with van der Waals surface area (Å²) in [5.74, 6) is 1.94. The van der Waals surface area contributed by atoms with Crippen LogP contribution in [0.5, 0.6) is 5.75 Å². The summed E-state index contributed by atoms with van der Waals surface area (Å²) in [5, 5.41) is 1.65. The Bertz CT molecular complexity index is 1030. The zero-order chi connectivity index (χ0) is 20.9. The van der Waals surface area contributed by atoms with Crippen molar-refractivity contribution in [2.45, 2.75) is 19.3 Å². The topological polar surface area (TPSA) is 58.6 Å². The van der Waals surface area contributed by atoms with Crippen molar-refractivity contribution >= 4 is 34.2 Å². The molecule has 2 heterocycles. The number of methoxy groups -OCH3 is 1. The van der Waals surface area contributed by atoms with Crippen molar-refractivity contribution < 1.29 is 9.53 Å². The first kappa shape index (κ1) is 20.4. The molecule has 1 amide bonds. The van der Waals surface area contributed by atoms with Crippen molar-refractivity contribution in [3.8, 4) is 5.75 Å². The van der Waals surface area contributed by atoms with E-state index in [-0.39, 0.29) is 5.91 Å². The van der Waals surface area contributed by atoms with Crippen LogP contribution >= 0.6 is 11.6 Å².